The number of benzene rings is 2. The Kier molecular flexibility index (Phi) is 9.84. The van der Waals surface area contributed by atoms with Crippen molar-refractivity contribution in [2.75, 3.05) is 32.8 Å². The Hall–Kier alpha value is -3.67. The van der Waals surface area contributed by atoms with Crippen LogP contribution in [0.25, 0.3) is 11.1 Å². The van der Waals surface area contributed by atoms with Crippen LogP contribution in [0.4, 0.5) is 14.5 Å². The van der Waals surface area contributed by atoms with Crippen molar-refractivity contribution >= 4 is 23.3 Å². The molecule has 0 aliphatic heterocycles. The number of carboxylic acids is 1. The van der Waals surface area contributed by atoms with Crippen LogP contribution in [-0.4, -0.2) is 49.6 Å². The summed E-state index contributed by atoms with van der Waals surface area (Å²) in [7, 11) is 2.94. The summed E-state index contributed by atoms with van der Waals surface area (Å²) in [5, 5.41) is 9.29. The molecule has 0 fully saturated rings. The fourth-order valence-electron chi connectivity index (χ4n) is 3.66. The molecule has 0 spiro atoms. The van der Waals surface area contributed by atoms with Gasteiger partial charge >= 0.3 is 12.6 Å². The van der Waals surface area contributed by atoms with Gasteiger partial charge in [-0.2, -0.15) is 8.78 Å². The molecule has 1 heterocycles. The molecule has 0 aliphatic carbocycles. The van der Waals surface area contributed by atoms with Gasteiger partial charge in [0.25, 0.3) is 5.56 Å². The van der Waals surface area contributed by atoms with E-state index in [2.05, 4.69) is 15.6 Å². The first kappa shape index (κ1) is 27.9. The summed E-state index contributed by atoms with van der Waals surface area (Å²) in [5.74, 6) is -0.923. The number of hydrogen-bond acceptors (Lipinski definition) is 7. The fourth-order valence-corrected chi connectivity index (χ4v) is 3.83. The molecule has 198 valence electrons. The van der Waals surface area contributed by atoms with Crippen molar-refractivity contribution in [3.8, 4) is 22.6 Å². The molecule has 0 saturated heterocycles. The largest absolute Gasteiger partial charge is 0.495 e. The Bertz CT molecular complexity index is 1270. The third-order valence-electron chi connectivity index (χ3n) is 5.46. The van der Waals surface area contributed by atoms with E-state index in [1.54, 1.807) is 19.2 Å². The number of anilines is 1. The number of hydrazine groups is 1. The smallest absolute Gasteiger partial charge is 0.387 e. The summed E-state index contributed by atoms with van der Waals surface area (Å²) in [6, 6.07) is 11.2. The van der Waals surface area contributed by atoms with E-state index in [0.717, 1.165) is 0 Å². The minimum Gasteiger partial charge on any atom is -0.495 e. The minimum absolute atomic E-state index is 0.148. The first-order chi connectivity index (χ1) is 17.7. The molecule has 3 aromatic rings. The van der Waals surface area contributed by atoms with E-state index < -0.39 is 24.2 Å². The maximum absolute atomic E-state index is 13.2. The van der Waals surface area contributed by atoms with E-state index >= 15 is 0 Å². The third kappa shape index (κ3) is 7.42. The van der Waals surface area contributed by atoms with Crippen LogP contribution in [0.5, 0.6) is 11.5 Å². The second-order valence-corrected chi connectivity index (χ2v) is 8.28. The van der Waals surface area contributed by atoms with Crippen LogP contribution in [0.2, 0.25) is 5.02 Å². The first-order valence-electron chi connectivity index (χ1n) is 11.1. The van der Waals surface area contributed by atoms with Gasteiger partial charge in [-0.05, 0) is 48.9 Å². The van der Waals surface area contributed by atoms with E-state index in [9.17, 15) is 18.4 Å². The Labute approximate surface area is 216 Å². The van der Waals surface area contributed by atoms with Crippen LogP contribution < -0.4 is 25.9 Å². The molecule has 1 aromatic heterocycles. The fraction of sp³-hybridized carbons (Fsp3) is 0.280. The molecule has 0 amide bonds. The lowest BCUT2D eigenvalue weighted by Gasteiger charge is -2.23. The van der Waals surface area contributed by atoms with E-state index in [1.807, 2.05) is 0 Å². The second kappa shape index (κ2) is 13.0. The number of aromatic nitrogens is 1. The average molecular weight is 538 g/mol. The van der Waals surface area contributed by atoms with Gasteiger partial charge in [-0.1, -0.05) is 11.6 Å². The summed E-state index contributed by atoms with van der Waals surface area (Å²) in [6.45, 7) is -2.43. The predicted molar refractivity (Wildman–Crippen MR) is 135 cm³/mol. The zero-order valence-electron chi connectivity index (χ0n) is 20.0. The van der Waals surface area contributed by atoms with Gasteiger partial charge in [0, 0.05) is 48.2 Å². The molecule has 1 unspecified atom stereocenters. The van der Waals surface area contributed by atoms with Crippen LogP contribution in [0, 0.1) is 0 Å². The lowest BCUT2D eigenvalue weighted by atomic mass is 10.0. The quantitative estimate of drug-likeness (QED) is 0.270. The first-order valence-corrected chi connectivity index (χ1v) is 11.5. The molecule has 3 N–H and O–H groups in total. The number of rotatable bonds is 13. The van der Waals surface area contributed by atoms with Gasteiger partial charge in [0.15, 0.2) is 0 Å². The van der Waals surface area contributed by atoms with E-state index in [-0.39, 0.29) is 39.8 Å². The second-order valence-electron chi connectivity index (χ2n) is 7.84. The van der Waals surface area contributed by atoms with Gasteiger partial charge in [-0.25, -0.2) is 10.2 Å². The summed E-state index contributed by atoms with van der Waals surface area (Å²) >= 11 is 6.08. The molecule has 37 heavy (non-hydrogen) atoms. The molecule has 2 aromatic carbocycles. The normalized spacial score (nSPS) is 11.8. The molecule has 0 saturated carbocycles. The van der Waals surface area contributed by atoms with E-state index in [1.165, 1.54) is 54.3 Å². The Morgan fingerprint density at radius 2 is 1.78 bits per heavy atom. The molecule has 1 atom stereocenters. The number of aromatic carboxylic acids is 1. The highest BCUT2D eigenvalue weighted by atomic mass is 35.5. The van der Waals surface area contributed by atoms with Crippen molar-refractivity contribution in [1.82, 2.24) is 9.99 Å². The SMILES string of the molecule is COCCC(CNNc1ccc(C(=O)O)cc1)n1cc(OC)c(-c2cc(Cl)ccc2OC(F)F)cc1=O. The molecule has 0 radical (unpaired) electrons. The number of carboxylic acid groups (broad SMARTS) is 1. The number of methoxy groups -OCH3 is 2. The molecular formula is C25H26ClF2N3O6. The highest BCUT2D eigenvalue weighted by Gasteiger charge is 2.20. The van der Waals surface area contributed by atoms with Crippen LogP contribution in [0.15, 0.2) is 59.5 Å². The highest BCUT2D eigenvalue weighted by Crippen LogP contribution is 2.38. The number of carbonyl (C=O) groups is 1. The standard InChI is InChI=1S/C25H26ClF2N3O6/c1-35-10-9-18(13-29-30-17-6-3-15(4-7-17)24(33)34)31-14-22(36-2)20(12-23(31)32)19-11-16(26)5-8-21(19)37-25(27)28/h3-8,11-12,14,18,25,29-30H,9-10,13H2,1-2H3,(H,33,34). The van der Waals surface area contributed by atoms with E-state index in [4.69, 9.17) is 26.2 Å². The number of ether oxygens (including phenoxy) is 3. The van der Waals surface area contributed by atoms with Gasteiger partial charge in [-0.15, -0.1) is 0 Å². The molecule has 9 nitrogen and oxygen atoms in total. The molecule has 0 aliphatic rings. The van der Waals surface area contributed by atoms with E-state index in [0.29, 0.717) is 18.7 Å². The van der Waals surface area contributed by atoms with Crippen LogP contribution in [0.3, 0.4) is 0 Å². The minimum atomic E-state index is -3.07. The number of hydrogen-bond donors (Lipinski definition) is 3. The van der Waals surface area contributed by atoms with Crippen molar-refractivity contribution in [2.45, 2.75) is 19.1 Å². The van der Waals surface area contributed by atoms with Gasteiger partial charge in [0.05, 0.1) is 24.9 Å². The maximum Gasteiger partial charge on any atom is 0.387 e. The molecular weight excluding hydrogens is 512 g/mol. The van der Waals surface area contributed by atoms with Crippen molar-refractivity contribution in [3.63, 3.8) is 0 Å². The summed E-state index contributed by atoms with van der Waals surface area (Å²) < 4.78 is 42.7. The average Bonchev–Trinajstić information content (AvgIpc) is 2.87. The Morgan fingerprint density at radius 1 is 1.08 bits per heavy atom. The van der Waals surface area contributed by atoms with Crippen molar-refractivity contribution in [3.05, 3.63) is 75.7 Å². The van der Waals surface area contributed by atoms with Gasteiger partial charge in [-0.3, -0.25) is 4.79 Å². The predicted octanol–water partition coefficient (Wildman–Crippen LogP) is 4.67. The summed E-state index contributed by atoms with van der Waals surface area (Å²) in [5.41, 5.74) is 6.81. The lowest BCUT2D eigenvalue weighted by molar-refractivity contribution is -0.0494. The highest BCUT2D eigenvalue weighted by molar-refractivity contribution is 6.31. The van der Waals surface area contributed by atoms with Gasteiger partial charge in [0.2, 0.25) is 0 Å². The van der Waals surface area contributed by atoms with Crippen LogP contribution in [0.1, 0.15) is 22.8 Å². The molecule has 0 bridgehead atoms. The van der Waals surface area contributed by atoms with Crippen LogP contribution in [-0.2, 0) is 4.74 Å². The topological polar surface area (TPSA) is 111 Å². The maximum atomic E-state index is 13.2. The zero-order valence-corrected chi connectivity index (χ0v) is 20.8. The molecule has 12 heteroatoms. The Morgan fingerprint density at radius 3 is 2.41 bits per heavy atom. The van der Waals surface area contributed by atoms with Gasteiger partial charge in [0.1, 0.15) is 11.5 Å². The number of nitrogens with one attached hydrogen (secondary N) is 2. The van der Waals surface area contributed by atoms with Crippen molar-refractivity contribution < 1.29 is 32.9 Å². The zero-order chi connectivity index (χ0) is 26.9. The summed E-state index contributed by atoms with van der Waals surface area (Å²) in [4.78, 5) is 24.2. The van der Waals surface area contributed by atoms with Crippen LogP contribution >= 0.6 is 11.6 Å². The van der Waals surface area contributed by atoms with Crippen molar-refractivity contribution in [1.29, 1.82) is 0 Å². The Balaban J connectivity index is 1.89. The lowest BCUT2D eigenvalue weighted by Crippen LogP contribution is -2.35. The van der Waals surface area contributed by atoms with Gasteiger partial charge < -0.3 is 29.3 Å². The molecule has 3 rings (SSSR count). The number of nitrogens with zero attached hydrogens (tertiary/aromatic N) is 1. The third-order valence-corrected chi connectivity index (χ3v) is 5.70. The number of halogens is 3. The summed E-state index contributed by atoms with van der Waals surface area (Å²) in [6.07, 6.45) is 1.96. The number of pyridine rings is 1. The number of alkyl halides is 2. The monoisotopic (exact) mass is 537 g/mol. The van der Waals surface area contributed by atoms with Crippen molar-refractivity contribution in [2.24, 2.45) is 0 Å².